The maximum atomic E-state index is 13.0. The zero-order valence-corrected chi connectivity index (χ0v) is 19.5. The van der Waals surface area contributed by atoms with E-state index in [1.54, 1.807) is 19.1 Å². The molecule has 0 aliphatic heterocycles. The number of imidazole rings is 1. The van der Waals surface area contributed by atoms with Crippen LogP contribution in [0.15, 0.2) is 48.7 Å². The highest BCUT2D eigenvalue weighted by Gasteiger charge is 2.31. The number of alkyl halides is 3. The van der Waals surface area contributed by atoms with Crippen LogP contribution in [0.25, 0.3) is 22.2 Å². The normalized spacial score (nSPS) is 11.7. The van der Waals surface area contributed by atoms with Crippen LogP contribution in [0.1, 0.15) is 39.9 Å². The number of halogens is 4. The van der Waals surface area contributed by atoms with Crippen molar-refractivity contribution in [1.29, 1.82) is 0 Å². The predicted octanol–water partition coefficient (Wildman–Crippen LogP) is 6.61. The van der Waals surface area contributed by atoms with E-state index in [0.29, 0.717) is 23.7 Å². The van der Waals surface area contributed by atoms with Gasteiger partial charge in [0.15, 0.2) is 0 Å². The van der Waals surface area contributed by atoms with Crippen molar-refractivity contribution < 1.29 is 22.7 Å². The molecule has 2 aromatic heterocycles. The van der Waals surface area contributed by atoms with Gasteiger partial charge in [-0.25, -0.2) is 9.78 Å². The number of rotatable bonds is 5. The molecule has 176 valence electrons. The molecule has 34 heavy (non-hydrogen) atoms. The van der Waals surface area contributed by atoms with Gasteiger partial charge in [-0.05, 0) is 67.8 Å². The lowest BCUT2D eigenvalue weighted by atomic mass is 10.0. The number of esters is 1. The Bertz CT molecular complexity index is 1380. The fourth-order valence-corrected chi connectivity index (χ4v) is 4.00. The second-order valence-corrected chi connectivity index (χ2v) is 8.26. The van der Waals surface area contributed by atoms with E-state index in [1.807, 2.05) is 42.7 Å². The Morgan fingerprint density at radius 2 is 1.79 bits per heavy atom. The number of aryl methyl sites for hydroxylation is 2. The number of fused-ring (bicyclic) bond motifs is 1. The van der Waals surface area contributed by atoms with Gasteiger partial charge in [-0.1, -0.05) is 23.7 Å². The van der Waals surface area contributed by atoms with Crippen molar-refractivity contribution in [1.82, 2.24) is 14.5 Å². The summed E-state index contributed by atoms with van der Waals surface area (Å²) in [6.07, 6.45) is -3.72. The van der Waals surface area contributed by atoms with Gasteiger partial charge in [0.1, 0.15) is 5.82 Å². The summed E-state index contributed by atoms with van der Waals surface area (Å²) in [6.45, 7) is 5.99. The highest BCUT2D eigenvalue weighted by molar-refractivity contribution is 6.31. The SMILES string of the molecule is CCOC(=O)c1ccc(-c2cc(C)c3nc(C)n(Cc4ncc(C(F)(F)F)cc4Cl)c3c2)cc1. The van der Waals surface area contributed by atoms with Gasteiger partial charge in [-0.3, -0.25) is 4.98 Å². The fourth-order valence-electron chi connectivity index (χ4n) is 3.78. The first-order valence-corrected chi connectivity index (χ1v) is 10.9. The molecule has 0 radical (unpaired) electrons. The number of hydrogen-bond acceptors (Lipinski definition) is 4. The second kappa shape index (κ2) is 9.10. The maximum Gasteiger partial charge on any atom is 0.417 e. The summed E-state index contributed by atoms with van der Waals surface area (Å²) in [5, 5.41) is -0.0569. The van der Waals surface area contributed by atoms with Crippen molar-refractivity contribution in [2.45, 2.75) is 33.5 Å². The van der Waals surface area contributed by atoms with Gasteiger partial charge in [-0.2, -0.15) is 13.2 Å². The average Bonchev–Trinajstić information content (AvgIpc) is 3.10. The van der Waals surface area contributed by atoms with E-state index in [2.05, 4.69) is 9.97 Å². The van der Waals surface area contributed by atoms with Crippen molar-refractivity contribution in [3.05, 3.63) is 81.9 Å². The molecule has 2 aromatic carbocycles. The van der Waals surface area contributed by atoms with E-state index >= 15 is 0 Å². The molecule has 2 heterocycles. The van der Waals surface area contributed by atoms with E-state index in [9.17, 15) is 18.0 Å². The Balaban J connectivity index is 1.73. The first-order valence-electron chi connectivity index (χ1n) is 10.5. The molecule has 0 spiro atoms. The number of hydrogen-bond donors (Lipinski definition) is 0. The van der Waals surface area contributed by atoms with Crippen LogP contribution in [0.2, 0.25) is 5.02 Å². The van der Waals surface area contributed by atoms with Crippen LogP contribution in [0.4, 0.5) is 13.2 Å². The molecule has 4 rings (SSSR count). The van der Waals surface area contributed by atoms with E-state index in [4.69, 9.17) is 16.3 Å². The number of pyridine rings is 1. The molecular weight excluding hydrogens is 467 g/mol. The van der Waals surface area contributed by atoms with Crippen molar-refractivity contribution in [2.24, 2.45) is 0 Å². The number of carbonyl (C=O) groups excluding carboxylic acids is 1. The monoisotopic (exact) mass is 487 g/mol. The van der Waals surface area contributed by atoms with Gasteiger partial charge < -0.3 is 9.30 Å². The molecule has 0 aliphatic rings. The van der Waals surface area contributed by atoms with Crippen LogP contribution in [-0.4, -0.2) is 27.1 Å². The molecule has 0 bridgehead atoms. The molecule has 0 amide bonds. The number of ether oxygens (including phenoxy) is 1. The van der Waals surface area contributed by atoms with Gasteiger partial charge in [0, 0.05) is 6.20 Å². The second-order valence-electron chi connectivity index (χ2n) is 7.85. The minimum atomic E-state index is -4.51. The lowest BCUT2D eigenvalue weighted by molar-refractivity contribution is -0.137. The van der Waals surface area contributed by atoms with Crippen molar-refractivity contribution in [3.63, 3.8) is 0 Å². The summed E-state index contributed by atoms with van der Waals surface area (Å²) in [4.78, 5) is 20.5. The van der Waals surface area contributed by atoms with E-state index < -0.39 is 11.7 Å². The topological polar surface area (TPSA) is 57.0 Å². The Kier molecular flexibility index (Phi) is 6.36. The smallest absolute Gasteiger partial charge is 0.417 e. The van der Waals surface area contributed by atoms with Crippen LogP contribution in [-0.2, 0) is 17.5 Å². The Morgan fingerprint density at radius 1 is 1.09 bits per heavy atom. The number of carbonyl (C=O) groups is 1. The van der Waals surface area contributed by atoms with Crippen molar-refractivity contribution in [3.8, 4) is 11.1 Å². The average molecular weight is 488 g/mol. The summed E-state index contributed by atoms with van der Waals surface area (Å²) in [5.74, 6) is 0.306. The molecule has 0 unspecified atom stereocenters. The third-order valence-corrected chi connectivity index (χ3v) is 5.84. The van der Waals surface area contributed by atoms with E-state index in [-0.39, 0.29) is 17.5 Å². The molecule has 5 nitrogen and oxygen atoms in total. The van der Waals surface area contributed by atoms with Crippen LogP contribution < -0.4 is 0 Å². The first kappa shape index (κ1) is 23.8. The molecule has 0 fully saturated rings. The van der Waals surface area contributed by atoms with E-state index in [1.165, 1.54) is 0 Å². The van der Waals surface area contributed by atoms with Crippen LogP contribution in [0.3, 0.4) is 0 Å². The summed E-state index contributed by atoms with van der Waals surface area (Å²) in [7, 11) is 0. The molecule has 0 aliphatic carbocycles. The lowest BCUT2D eigenvalue weighted by Crippen LogP contribution is -2.09. The Hall–Kier alpha value is -3.39. The van der Waals surface area contributed by atoms with Gasteiger partial charge >= 0.3 is 12.1 Å². The molecule has 0 saturated heterocycles. The third-order valence-electron chi connectivity index (χ3n) is 5.52. The van der Waals surface area contributed by atoms with Crippen LogP contribution in [0.5, 0.6) is 0 Å². The number of benzene rings is 2. The summed E-state index contributed by atoms with van der Waals surface area (Å²) in [6, 6.07) is 12.0. The van der Waals surface area contributed by atoms with Gasteiger partial charge in [0.25, 0.3) is 0 Å². The highest BCUT2D eigenvalue weighted by atomic mass is 35.5. The summed E-state index contributed by atoms with van der Waals surface area (Å²) in [5.41, 5.74) is 4.23. The summed E-state index contributed by atoms with van der Waals surface area (Å²) < 4.78 is 45.8. The molecule has 4 aromatic rings. The quantitative estimate of drug-likeness (QED) is 0.297. The standard InChI is InChI=1S/C25H21ClF3N3O2/c1-4-34-24(33)17-7-5-16(6-8-17)18-9-14(2)23-22(10-18)32(15(3)31-23)13-21-20(26)11-19(12-30-21)25(27,28)29/h5-12H,4,13H2,1-3H3. The zero-order chi connectivity index (χ0) is 24.6. The van der Waals surface area contributed by atoms with Crippen LogP contribution >= 0.6 is 11.6 Å². The fraction of sp³-hybridized carbons (Fsp3) is 0.240. The van der Waals surface area contributed by atoms with Gasteiger partial charge in [-0.15, -0.1) is 0 Å². The molecule has 0 saturated carbocycles. The Morgan fingerprint density at radius 3 is 2.41 bits per heavy atom. The van der Waals surface area contributed by atoms with Crippen molar-refractivity contribution >= 4 is 28.6 Å². The minimum absolute atomic E-state index is 0.0569. The first-order chi connectivity index (χ1) is 16.1. The number of nitrogens with zero attached hydrogens (tertiary/aromatic N) is 3. The largest absolute Gasteiger partial charge is 0.462 e. The minimum Gasteiger partial charge on any atom is -0.462 e. The van der Waals surface area contributed by atoms with Gasteiger partial charge in [0.05, 0.1) is 46.0 Å². The lowest BCUT2D eigenvalue weighted by Gasteiger charge is -2.12. The maximum absolute atomic E-state index is 13.0. The van der Waals surface area contributed by atoms with Crippen molar-refractivity contribution in [2.75, 3.05) is 6.61 Å². The number of aromatic nitrogens is 3. The summed E-state index contributed by atoms with van der Waals surface area (Å²) >= 11 is 6.14. The molecule has 0 N–H and O–H groups in total. The third kappa shape index (κ3) is 4.63. The van der Waals surface area contributed by atoms with E-state index in [0.717, 1.165) is 40.0 Å². The molecule has 9 heteroatoms. The van der Waals surface area contributed by atoms with Gasteiger partial charge in [0.2, 0.25) is 0 Å². The highest BCUT2D eigenvalue weighted by Crippen LogP contribution is 2.32. The molecular formula is C25H21ClF3N3O2. The van der Waals surface area contributed by atoms with Crippen LogP contribution in [0, 0.1) is 13.8 Å². The predicted molar refractivity (Wildman–Crippen MR) is 124 cm³/mol. The zero-order valence-electron chi connectivity index (χ0n) is 18.7. The Labute approximate surface area is 199 Å². The molecule has 0 atom stereocenters.